The first kappa shape index (κ1) is 38.4. The van der Waals surface area contributed by atoms with Gasteiger partial charge in [0.1, 0.15) is 15.2 Å². The van der Waals surface area contributed by atoms with E-state index in [4.69, 9.17) is 0 Å². The molecule has 0 nitrogen and oxygen atoms in total. The number of hydrogen-bond donors (Lipinski definition) is 0. The van der Waals surface area contributed by atoms with Gasteiger partial charge in [-0.25, -0.2) is 0 Å². The zero-order chi connectivity index (χ0) is 35.3. The van der Waals surface area contributed by atoms with Crippen molar-refractivity contribution in [3.05, 3.63) is 143 Å². The molecule has 4 aromatic rings. The Kier molecular flexibility index (Phi) is 16.1. The van der Waals surface area contributed by atoms with Crippen molar-refractivity contribution in [2.45, 2.75) is 103 Å². The van der Waals surface area contributed by atoms with Crippen molar-refractivity contribution >= 4 is 15.2 Å². The second-order valence-electron chi connectivity index (χ2n) is 13.5. The molecule has 2 heteroatoms. The SMILES string of the molecule is CCCC[Si](C#Cc1ccc(C#Cc2ccccc2)cc1)(CCCC)[Si](C#Cc1ccc(C#Cc2ccccc2)cc1)(CCCC)CCCC. The van der Waals surface area contributed by atoms with E-state index in [2.05, 4.69) is 147 Å². The van der Waals surface area contributed by atoms with Crippen LogP contribution in [0.4, 0.5) is 0 Å². The van der Waals surface area contributed by atoms with E-state index < -0.39 is 15.2 Å². The summed E-state index contributed by atoms with van der Waals surface area (Å²) in [5.74, 6) is 20.9. The number of rotatable bonds is 13. The van der Waals surface area contributed by atoms with Gasteiger partial charge in [0, 0.05) is 33.4 Å². The molecule has 0 aliphatic carbocycles. The van der Waals surface area contributed by atoms with Crippen LogP contribution in [-0.4, -0.2) is 15.2 Å². The molecule has 0 N–H and O–H groups in total. The molecule has 0 spiro atoms. The molecule has 0 atom stereocenters. The molecular formula is C48H54Si2. The summed E-state index contributed by atoms with van der Waals surface area (Å²) in [6.45, 7) is 9.38. The third-order valence-corrected chi connectivity index (χ3v) is 26.8. The third-order valence-electron chi connectivity index (χ3n) is 9.66. The normalized spacial score (nSPS) is 10.7. The van der Waals surface area contributed by atoms with Gasteiger partial charge in [0.2, 0.25) is 0 Å². The van der Waals surface area contributed by atoms with E-state index in [-0.39, 0.29) is 0 Å². The summed E-state index contributed by atoms with van der Waals surface area (Å²) in [7, 11) is -4.22. The average molecular weight is 687 g/mol. The monoisotopic (exact) mass is 686 g/mol. The van der Waals surface area contributed by atoms with Crippen molar-refractivity contribution in [1.29, 1.82) is 0 Å². The molecule has 0 radical (unpaired) electrons. The maximum absolute atomic E-state index is 4.23. The van der Waals surface area contributed by atoms with Gasteiger partial charge in [0.15, 0.2) is 0 Å². The fraction of sp³-hybridized carbons (Fsp3) is 0.333. The molecule has 50 heavy (non-hydrogen) atoms. The number of unbranched alkanes of at least 4 members (excludes halogenated alkanes) is 4. The zero-order valence-electron chi connectivity index (χ0n) is 30.9. The maximum Gasteiger partial charge on any atom is 0.145 e. The van der Waals surface area contributed by atoms with Gasteiger partial charge in [-0.3, -0.25) is 0 Å². The highest BCUT2D eigenvalue weighted by atomic mass is 29.3. The van der Waals surface area contributed by atoms with Crippen molar-refractivity contribution in [3.8, 4) is 46.6 Å². The molecule has 0 aromatic heterocycles. The molecule has 0 unspecified atom stereocenters. The highest BCUT2D eigenvalue weighted by Crippen LogP contribution is 2.38. The van der Waals surface area contributed by atoms with Crippen LogP contribution in [0, 0.1) is 46.6 Å². The molecule has 0 aliphatic rings. The van der Waals surface area contributed by atoms with Crippen molar-refractivity contribution < 1.29 is 0 Å². The second-order valence-corrected chi connectivity index (χ2v) is 26.0. The Hall–Kier alpha value is -4.45. The van der Waals surface area contributed by atoms with E-state index in [0.717, 1.165) is 33.4 Å². The molecule has 0 aliphatic heterocycles. The Bertz CT molecular complexity index is 1680. The van der Waals surface area contributed by atoms with Gasteiger partial charge >= 0.3 is 0 Å². The highest BCUT2D eigenvalue weighted by Gasteiger charge is 2.52. The van der Waals surface area contributed by atoms with E-state index in [1.165, 1.54) is 75.5 Å². The summed E-state index contributed by atoms with van der Waals surface area (Å²) in [6.07, 6.45) is 9.85. The van der Waals surface area contributed by atoms with Gasteiger partial charge in [-0.1, -0.05) is 151 Å². The van der Waals surface area contributed by atoms with E-state index in [0.29, 0.717) is 0 Å². The molecule has 4 rings (SSSR count). The Balaban J connectivity index is 1.75. The molecule has 0 amide bonds. The van der Waals surface area contributed by atoms with Crippen LogP contribution in [-0.2, 0) is 0 Å². The molecule has 0 heterocycles. The van der Waals surface area contributed by atoms with Crippen molar-refractivity contribution in [2.24, 2.45) is 0 Å². The summed E-state index contributed by atoms with van der Waals surface area (Å²) >= 11 is 0. The van der Waals surface area contributed by atoms with Gasteiger partial charge in [0.25, 0.3) is 0 Å². The van der Waals surface area contributed by atoms with Crippen LogP contribution in [0.5, 0.6) is 0 Å². The fourth-order valence-electron chi connectivity index (χ4n) is 6.60. The van der Waals surface area contributed by atoms with Gasteiger partial charge in [-0.15, -0.1) is 11.1 Å². The molecule has 254 valence electrons. The Labute approximate surface area is 306 Å². The smallest absolute Gasteiger partial charge is 0.128 e. The quantitative estimate of drug-likeness (QED) is 0.0970. The minimum absolute atomic E-state index is 1.03. The van der Waals surface area contributed by atoms with Crippen molar-refractivity contribution in [2.75, 3.05) is 0 Å². The maximum atomic E-state index is 4.23. The standard InChI is InChI=1S/C48H54Si2/c1-5-9-37-49(38-10-6-2,41-35-47-31-27-45(28-32-47)25-23-43-19-15-13-16-20-43)50(39-11-7-3,40-12-8-4)42-36-48-33-29-46(30-34-48)26-24-44-21-17-14-18-22-44/h13-22,27-34H,5-12,37-40H2,1-4H3. The van der Waals surface area contributed by atoms with Crippen LogP contribution in [0.3, 0.4) is 0 Å². The van der Waals surface area contributed by atoms with Crippen LogP contribution < -0.4 is 0 Å². The van der Waals surface area contributed by atoms with Gasteiger partial charge in [-0.05, 0) is 97.0 Å². The van der Waals surface area contributed by atoms with Crippen molar-refractivity contribution in [1.82, 2.24) is 0 Å². The largest absolute Gasteiger partial charge is 0.145 e. The first-order valence-corrected chi connectivity index (χ1v) is 24.8. The van der Waals surface area contributed by atoms with Crippen molar-refractivity contribution in [3.63, 3.8) is 0 Å². The van der Waals surface area contributed by atoms with Crippen LogP contribution in [0.15, 0.2) is 109 Å². The average Bonchev–Trinajstić information content (AvgIpc) is 3.17. The molecule has 4 aromatic carbocycles. The number of hydrogen-bond acceptors (Lipinski definition) is 0. The highest BCUT2D eigenvalue weighted by molar-refractivity contribution is 7.48. The third kappa shape index (κ3) is 11.6. The summed E-state index contributed by atoms with van der Waals surface area (Å²) in [5.41, 5.74) is 14.8. The van der Waals surface area contributed by atoms with Crippen LogP contribution in [0.2, 0.25) is 24.2 Å². The zero-order valence-corrected chi connectivity index (χ0v) is 32.9. The van der Waals surface area contributed by atoms with Gasteiger partial charge in [-0.2, -0.15) is 0 Å². The van der Waals surface area contributed by atoms with E-state index in [1.54, 1.807) is 0 Å². The van der Waals surface area contributed by atoms with E-state index in [9.17, 15) is 0 Å². The predicted octanol–water partition coefficient (Wildman–Crippen LogP) is 12.1. The minimum Gasteiger partial charge on any atom is -0.128 e. The van der Waals surface area contributed by atoms with Crippen LogP contribution in [0.25, 0.3) is 0 Å². The molecular weight excluding hydrogens is 633 g/mol. The van der Waals surface area contributed by atoms with Crippen LogP contribution >= 0.6 is 0 Å². The first-order chi connectivity index (χ1) is 24.5. The molecule has 0 bridgehead atoms. The lowest BCUT2D eigenvalue weighted by atomic mass is 10.1. The Morgan fingerprint density at radius 3 is 0.820 bits per heavy atom. The van der Waals surface area contributed by atoms with Gasteiger partial charge < -0.3 is 0 Å². The second kappa shape index (κ2) is 20.9. The number of benzene rings is 4. The molecule has 0 saturated carbocycles. The van der Waals surface area contributed by atoms with E-state index >= 15 is 0 Å². The lowest BCUT2D eigenvalue weighted by Gasteiger charge is -2.42. The summed E-state index contributed by atoms with van der Waals surface area (Å²) < 4.78 is 0. The molecule has 0 saturated heterocycles. The Morgan fingerprint density at radius 2 is 0.560 bits per heavy atom. The minimum atomic E-state index is -2.11. The lowest BCUT2D eigenvalue weighted by Crippen LogP contribution is -2.62. The topological polar surface area (TPSA) is 0 Å². The lowest BCUT2D eigenvalue weighted by molar-refractivity contribution is 0.823. The predicted molar refractivity (Wildman–Crippen MR) is 222 cm³/mol. The summed E-state index contributed by atoms with van der Waals surface area (Å²) in [6, 6.07) is 42.7. The van der Waals surface area contributed by atoms with Crippen LogP contribution in [0.1, 0.15) is 112 Å². The summed E-state index contributed by atoms with van der Waals surface area (Å²) in [4.78, 5) is 0. The first-order valence-electron chi connectivity index (χ1n) is 19.0. The molecule has 0 fully saturated rings. The fourth-order valence-corrected chi connectivity index (χ4v) is 24.3. The summed E-state index contributed by atoms with van der Waals surface area (Å²) in [5, 5.41) is 0. The Morgan fingerprint density at radius 1 is 0.320 bits per heavy atom. The van der Waals surface area contributed by atoms with Gasteiger partial charge in [0.05, 0.1) is 0 Å². The van der Waals surface area contributed by atoms with E-state index in [1.807, 2.05) is 36.4 Å².